The minimum atomic E-state index is -0.517. The lowest BCUT2D eigenvalue weighted by Gasteiger charge is -2.11. The zero-order chi connectivity index (χ0) is 16.5. The number of hydrogen-bond acceptors (Lipinski definition) is 3. The second-order valence-corrected chi connectivity index (χ2v) is 5.10. The van der Waals surface area contributed by atoms with Crippen molar-refractivity contribution in [3.05, 3.63) is 64.7 Å². The normalized spacial score (nSPS) is 9.74. The van der Waals surface area contributed by atoms with Crippen LogP contribution in [0.2, 0.25) is 5.02 Å². The fourth-order valence-electron chi connectivity index (χ4n) is 1.89. The Bertz CT molecular complexity index is 695. The third-order valence-electron chi connectivity index (χ3n) is 2.97. The van der Waals surface area contributed by atoms with Crippen LogP contribution in [0.3, 0.4) is 0 Å². The van der Waals surface area contributed by atoms with E-state index in [9.17, 15) is 4.79 Å². The molecule has 2 aromatic rings. The highest BCUT2D eigenvalue weighted by molar-refractivity contribution is 6.30. The van der Waals surface area contributed by atoms with E-state index in [2.05, 4.69) is 11.2 Å². The largest absolute Gasteiger partial charge is 0.481 e. The van der Waals surface area contributed by atoms with Gasteiger partial charge in [0, 0.05) is 17.1 Å². The van der Waals surface area contributed by atoms with Crippen molar-refractivity contribution in [3.63, 3.8) is 0 Å². The molecular weight excluding hydrogens is 314 g/mol. The van der Waals surface area contributed by atoms with Gasteiger partial charge in [0.2, 0.25) is 0 Å². The summed E-state index contributed by atoms with van der Waals surface area (Å²) in [6, 6.07) is 14.6. The molecule has 0 unspecified atom stereocenters. The Labute approximate surface area is 140 Å². The molecule has 0 bridgehead atoms. The number of ether oxygens (including phenoxy) is 2. The summed E-state index contributed by atoms with van der Waals surface area (Å²) in [5, 5.41) is 3.21. The molecule has 0 aromatic heterocycles. The molecule has 0 spiro atoms. The van der Waals surface area contributed by atoms with E-state index in [1.54, 1.807) is 18.2 Å². The van der Waals surface area contributed by atoms with Crippen molar-refractivity contribution in [3.8, 4) is 18.1 Å². The first-order chi connectivity index (χ1) is 11.2. The zero-order valence-electron chi connectivity index (χ0n) is 12.4. The maximum absolute atomic E-state index is 11.8. The number of alkyl carbamates (subject to hydrolysis) is 1. The molecule has 0 heterocycles. The van der Waals surface area contributed by atoms with Gasteiger partial charge in [0.25, 0.3) is 0 Å². The summed E-state index contributed by atoms with van der Waals surface area (Å²) in [6.45, 7) is 0.587. The SMILES string of the molecule is C#CCOc1ccc(Cl)cc1CNC(=O)OCc1ccccc1. The van der Waals surface area contributed by atoms with Crippen LogP contribution in [-0.4, -0.2) is 12.7 Å². The van der Waals surface area contributed by atoms with Crippen molar-refractivity contribution in [2.75, 3.05) is 6.61 Å². The summed E-state index contributed by atoms with van der Waals surface area (Å²) in [5.41, 5.74) is 1.65. The molecule has 1 N–H and O–H groups in total. The van der Waals surface area contributed by atoms with Crippen LogP contribution in [0.25, 0.3) is 0 Å². The van der Waals surface area contributed by atoms with Gasteiger partial charge in [0.1, 0.15) is 19.0 Å². The van der Waals surface area contributed by atoms with E-state index in [4.69, 9.17) is 27.5 Å². The van der Waals surface area contributed by atoms with Crippen LogP contribution < -0.4 is 10.1 Å². The minimum Gasteiger partial charge on any atom is -0.481 e. The number of halogens is 1. The summed E-state index contributed by atoms with van der Waals surface area (Å²) >= 11 is 5.97. The van der Waals surface area contributed by atoms with E-state index < -0.39 is 6.09 Å². The molecule has 1 amide bonds. The molecule has 0 saturated carbocycles. The molecule has 23 heavy (non-hydrogen) atoms. The lowest BCUT2D eigenvalue weighted by molar-refractivity contribution is 0.139. The maximum Gasteiger partial charge on any atom is 0.407 e. The molecule has 0 aliphatic rings. The summed E-state index contributed by atoms with van der Waals surface area (Å²) < 4.78 is 10.6. The van der Waals surface area contributed by atoms with E-state index in [1.807, 2.05) is 30.3 Å². The zero-order valence-corrected chi connectivity index (χ0v) is 13.2. The molecule has 4 nitrogen and oxygen atoms in total. The molecule has 118 valence electrons. The molecule has 5 heteroatoms. The maximum atomic E-state index is 11.8. The van der Waals surface area contributed by atoms with Crippen molar-refractivity contribution in [1.82, 2.24) is 5.32 Å². The molecule has 2 aromatic carbocycles. The fourth-order valence-corrected chi connectivity index (χ4v) is 2.08. The number of carbonyl (C=O) groups is 1. The smallest absolute Gasteiger partial charge is 0.407 e. The van der Waals surface area contributed by atoms with Gasteiger partial charge in [-0.25, -0.2) is 4.79 Å². The van der Waals surface area contributed by atoms with E-state index >= 15 is 0 Å². The first-order valence-electron chi connectivity index (χ1n) is 6.98. The quantitative estimate of drug-likeness (QED) is 0.820. The van der Waals surface area contributed by atoms with Gasteiger partial charge < -0.3 is 14.8 Å². The van der Waals surface area contributed by atoms with Gasteiger partial charge in [0.05, 0.1) is 0 Å². The summed E-state index contributed by atoms with van der Waals surface area (Å²) in [7, 11) is 0. The Hall–Kier alpha value is -2.64. The molecule has 0 radical (unpaired) electrons. The van der Waals surface area contributed by atoms with Crippen molar-refractivity contribution < 1.29 is 14.3 Å². The van der Waals surface area contributed by atoms with E-state index in [1.165, 1.54) is 0 Å². The summed E-state index contributed by atoms with van der Waals surface area (Å²) in [4.78, 5) is 11.8. The van der Waals surface area contributed by atoms with E-state index in [0.29, 0.717) is 10.8 Å². The highest BCUT2D eigenvalue weighted by atomic mass is 35.5. The molecule has 0 saturated heterocycles. The second kappa shape index (κ2) is 8.72. The highest BCUT2D eigenvalue weighted by Crippen LogP contribution is 2.22. The molecule has 0 atom stereocenters. The predicted octanol–water partition coefficient (Wildman–Crippen LogP) is 3.78. The Morgan fingerprint density at radius 1 is 1.22 bits per heavy atom. The van der Waals surface area contributed by atoms with Gasteiger partial charge in [-0.2, -0.15) is 0 Å². The van der Waals surface area contributed by atoms with Crippen LogP contribution in [0.5, 0.6) is 5.75 Å². The van der Waals surface area contributed by atoms with Crippen LogP contribution in [-0.2, 0) is 17.9 Å². The topological polar surface area (TPSA) is 47.6 Å². The Balaban J connectivity index is 1.88. The van der Waals surface area contributed by atoms with Crippen molar-refractivity contribution in [1.29, 1.82) is 0 Å². The third kappa shape index (κ3) is 5.57. The van der Waals surface area contributed by atoms with Crippen molar-refractivity contribution in [2.24, 2.45) is 0 Å². The number of amides is 1. The number of rotatable bonds is 6. The van der Waals surface area contributed by atoms with Gasteiger partial charge in [-0.1, -0.05) is 47.9 Å². The summed E-state index contributed by atoms with van der Waals surface area (Å²) in [5.74, 6) is 2.97. The number of nitrogens with one attached hydrogen (secondary N) is 1. The van der Waals surface area contributed by atoms with Gasteiger partial charge in [-0.15, -0.1) is 6.42 Å². The molecule has 0 aliphatic carbocycles. The Morgan fingerprint density at radius 3 is 2.74 bits per heavy atom. The van der Waals surface area contributed by atoms with Crippen LogP contribution in [0, 0.1) is 12.3 Å². The Kier molecular flexibility index (Phi) is 6.34. The van der Waals surface area contributed by atoms with Gasteiger partial charge >= 0.3 is 6.09 Å². The second-order valence-electron chi connectivity index (χ2n) is 4.66. The van der Waals surface area contributed by atoms with Crippen molar-refractivity contribution >= 4 is 17.7 Å². The lowest BCUT2D eigenvalue weighted by atomic mass is 10.2. The number of hydrogen-bond donors (Lipinski definition) is 1. The molecule has 0 aliphatic heterocycles. The average molecular weight is 330 g/mol. The monoisotopic (exact) mass is 329 g/mol. The van der Waals surface area contributed by atoms with Gasteiger partial charge in [0.15, 0.2) is 0 Å². The fraction of sp³-hybridized carbons (Fsp3) is 0.167. The molecular formula is C18H16ClNO3. The van der Waals surface area contributed by atoms with E-state index in [0.717, 1.165) is 11.1 Å². The third-order valence-corrected chi connectivity index (χ3v) is 3.20. The van der Waals surface area contributed by atoms with Gasteiger partial charge in [-0.3, -0.25) is 0 Å². The Morgan fingerprint density at radius 2 is 2.00 bits per heavy atom. The number of terminal acetylenes is 1. The highest BCUT2D eigenvalue weighted by Gasteiger charge is 2.08. The minimum absolute atomic E-state index is 0.146. The first-order valence-corrected chi connectivity index (χ1v) is 7.36. The summed E-state index contributed by atoms with van der Waals surface area (Å²) in [6.07, 6.45) is 4.67. The van der Waals surface area contributed by atoms with Crippen LogP contribution >= 0.6 is 11.6 Å². The predicted molar refractivity (Wildman–Crippen MR) is 89.2 cm³/mol. The van der Waals surface area contributed by atoms with E-state index in [-0.39, 0.29) is 19.8 Å². The van der Waals surface area contributed by atoms with Crippen LogP contribution in [0.15, 0.2) is 48.5 Å². The van der Waals surface area contributed by atoms with Crippen LogP contribution in [0.4, 0.5) is 4.79 Å². The number of benzene rings is 2. The standard InChI is InChI=1S/C18H16ClNO3/c1-2-10-22-17-9-8-16(19)11-15(17)12-20-18(21)23-13-14-6-4-3-5-7-14/h1,3-9,11H,10,12-13H2,(H,20,21). The first kappa shape index (κ1) is 16.7. The van der Waals surface area contributed by atoms with Crippen molar-refractivity contribution in [2.45, 2.75) is 13.2 Å². The van der Waals surface area contributed by atoms with Gasteiger partial charge in [-0.05, 0) is 23.8 Å². The number of carbonyl (C=O) groups excluding carboxylic acids is 1. The molecule has 0 fully saturated rings. The lowest BCUT2D eigenvalue weighted by Crippen LogP contribution is -2.24. The molecule has 2 rings (SSSR count). The van der Waals surface area contributed by atoms with Crippen LogP contribution in [0.1, 0.15) is 11.1 Å². The average Bonchev–Trinajstić information content (AvgIpc) is 2.58.